The summed E-state index contributed by atoms with van der Waals surface area (Å²) in [5, 5.41) is 0. The van der Waals surface area contributed by atoms with E-state index in [2.05, 4.69) is 5.43 Å². The molecule has 3 saturated carbocycles. The molecule has 0 spiro atoms. The lowest BCUT2D eigenvalue weighted by molar-refractivity contribution is -0.228. The molecule has 0 aromatic carbocycles. The van der Waals surface area contributed by atoms with Crippen LogP contribution in [0.15, 0.2) is 0 Å². The van der Waals surface area contributed by atoms with E-state index in [0.717, 1.165) is 0 Å². The normalized spacial score (nSPS) is 45.8. The van der Waals surface area contributed by atoms with Crippen LogP contribution in [0.3, 0.4) is 0 Å². The lowest BCUT2D eigenvalue weighted by atomic mass is 9.40. The molecule has 0 saturated heterocycles. The second-order valence-corrected chi connectivity index (χ2v) is 3.62. The Morgan fingerprint density at radius 2 is 1.73 bits per heavy atom. The summed E-state index contributed by atoms with van der Waals surface area (Å²) in [6, 6.07) is 0. The Hall–Kier alpha value is 0.0700. The Morgan fingerprint density at radius 1 is 1.27 bits per heavy atom. The maximum absolute atomic E-state index is 12.1. The Labute approximate surface area is 69.9 Å². The first-order valence-corrected chi connectivity index (χ1v) is 3.39. The fourth-order valence-corrected chi connectivity index (χ4v) is 2.25. The number of hydrogen-bond donors (Lipinski definition) is 2. The number of hydrogen-bond acceptors (Lipinski definition) is 2. The van der Waals surface area contributed by atoms with Gasteiger partial charge in [0.15, 0.2) is 0 Å². The smallest absolute Gasteiger partial charge is 0.244 e. The molecule has 0 radical (unpaired) electrons. The van der Waals surface area contributed by atoms with Crippen LogP contribution in [0.25, 0.3) is 0 Å². The van der Waals surface area contributed by atoms with E-state index >= 15 is 0 Å². The molecule has 3 aliphatic carbocycles. The van der Waals surface area contributed by atoms with Gasteiger partial charge in [-0.15, -0.1) is 12.4 Å². The van der Waals surface area contributed by atoms with Crippen molar-refractivity contribution in [1.29, 1.82) is 0 Å². The van der Waals surface area contributed by atoms with Crippen molar-refractivity contribution in [3.63, 3.8) is 0 Å². The molecule has 0 amide bonds. The largest absolute Gasteiger partial charge is 0.271 e. The Morgan fingerprint density at radius 3 is 2.00 bits per heavy atom. The highest BCUT2D eigenvalue weighted by molar-refractivity contribution is 5.85. The van der Waals surface area contributed by atoms with Gasteiger partial charge in [-0.25, -0.2) is 8.78 Å². The minimum Gasteiger partial charge on any atom is -0.271 e. The topological polar surface area (TPSA) is 38.0 Å². The van der Waals surface area contributed by atoms with Crippen molar-refractivity contribution < 1.29 is 8.78 Å². The molecule has 3 rings (SSSR count). The van der Waals surface area contributed by atoms with Gasteiger partial charge in [0.2, 0.25) is 6.43 Å². The van der Waals surface area contributed by atoms with E-state index in [4.69, 9.17) is 5.84 Å². The van der Waals surface area contributed by atoms with Crippen molar-refractivity contribution in [1.82, 2.24) is 5.43 Å². The highest BCUT2D eigenvalue weighted by Crippen LogP contribution is 2.69. The van der Waals surface area contributed by atoms with Gasteiger partial charge in [0.25, 0.3) is 0 Å². The summed E-state index contributed by atoms with van der Waals surface area (Å²) in [5.41, 5.74) is 1.84. The predicted molar refractivity (Wildman–Crippen MR) is 39.6 cm³/mol. The van der Waals surface area contributed by atoms with E-state index in [1.54, 1.807) is 0 Å². The Bertz CT molecular complexity index is 154. The first kappa shape index (κ1) is 9.16. The lowest BCUT2D eigenvalue weighted by Gasteiger charge is -2.69. The van der Waals surface area contributed by atoms with Gasteiger partial charge in [-0.05, 0) is 19.3 Å². The number of alkyl halides is 2. The predicted octanol–water partition coefficient (Wildman–Crippen LogP) is 1.06. The molecular weight excluding hydrogens is 174 g/mol. The molecule has 5 heteroatoms. The van der Waals surface area contributed by atoms with Gasteiger partial charge in [-0.3, -0.25) is 11.3 Å². The average Bonchev–Trinajstić information content (AvgIpc) is 1.57. The molecule has 0 unspecified atom stereocenters. The number of nitrogens with two attached hydrogens (primary N) is 1. The van der Waals surface area contributed by atoms with Crippen LogP contribution >= 0.6 is 12.4 Å². The highest BCUT2D eigenvalue weighted by Gasteiger charge is 2.71. The van der Waals surface area contributed by atoms with Crippen LogP contribution < -0.4 is 11.3 Å². The van der Waals surface area contributed by atoms with Crippen LogP contribution in [-0.2, 0) is 0 Å². The van der Waals surface area contributed by atoms with E-state index in [1.807, 2.05) is 0 Å². The van der Waals surface area contributed by atoms with Gasteiger partial charge >= 0.3 is 0 Å². The maximum atomic E-state index is 12.1. The molecule has 0 aromatic heterocycles. The maximum Gasteiger partial charge on any atom is 0.244 e. The summed E-state index contributed by atoms with van der Waals surface area (Å²) >= 11 is 0. The average molecular weight is 185 g/mol. The fraction of sp³-hybridized carbons (Fsp3) is 1.00. The lowest BCUT2D eigenvalue weighted by Crippen LogP contribution is -2.77. The Kier molecular flexibility index (Phi) is 1.90. The molecule has 0 aromatic rings. The number of halogens is 3. The van der Waals surface area contributed by atoms with Gasteiger partial charge in [0, 0.05) is 11.0 Å². The van der Waals surface area contributed by atoms with Crippen molar-refractivity contribution in [2.24, 2.45) is 11.3 Å². The molecule has 0 heterocycles. The first-order chi connectivity index (χ1) is 4.63. The van der Waals surface area contributed by atoms with Crippen LogP contribution in [0.4, 0.5) is 8.78 Å². The summed E-state index contributed by atoms with van der Waals surface area (Å²) in [5.74, 6) is 5.17. The zero-order chi connectivity index (χ0) is 7.41. The third-order valence-electron chi connectivity index (χ3n) is 2.84. The van der Waals surface area contributed by atoms with Crippen LogP contribution in [0, 0.1) is 5.41 Å². The number of hydrazine groups is 1. The SMILES string of the molecule is Cl.NNC12CC(C(F)F)(C1)C2. The van der Waals surface area contributed by atoms with Gasteiger partial charge in [-0.2, -0.15) is 0 Å². The van der Waals surface area contributed by atoms with E-state index in [1.165, 1.54) is 0 Å². The first-order valence-electron chi connectivity index (χ1n) is 3.39. The van der Waals surface area contributed by atoms with E-state index in [-0.39, 0.29) is 17.9 Å². The highest BCUT2D eigenvalue weighted by atomic mass is 35.5. The molecule has 2 bridgehead atoms. The summed E-state index contributed by atoms with van der Waals surface area (Å²) in [6.45, 7) is 0. The summed E-state index contributed by atoms with van der Waals surface area (Å²) in [4.78, 5) is 0. The van der Waals surface area contributed by atoms with Crippen LogP contribution in [0.5, 0.6) is 0 Å². The summed E-state index contributed by atoms with van der Waals surface area (Å²) in [6.07, 6.45) is -0.459. The quantitative estimate of drug-likeness (QED) is 0.498. The fourth-order valence-electron chi connectivity index (χ4n) is 2.25. The van der Waals surface area contributed by atoms with Crippen LogP contribution in [0.1, 0.15) is 19.3 Å². The second-order valence-electron chi connectivity index (χ2n) is 3.62. The van der Waals surface area contributed by atoms with Crippen molar-refractivity contribution in [2.45, 2.75) is 31.2 Å². The summed E-state index contributed by atoms with van der Waals surface area (Å²) in [7, 11) is 0. The van der Waals surface area contributed by atoms with Gasteiger partial charge in [0.05, 0.1) is 0 Å². The zero-order valence-corrected chi connectivity index (χ0v) is 6.76. The van der Waals surface area contributed by atoms with Crippen molar-refractivity contribution in [3.05, 3.63) is 0 Å². The molecule has 3 fully saturated rings. The molecule has 2 nitrogen and oxygen atoms in total. The third kappa shape index (κ3) is 0.895. The number of rotatable bonds is 2. The molecule has 66 valence electrons. The van der Waals surface area contributed by atoms with Crippen molar-refractivity contribution in [2.75, 3.05) is 0 Å². The van der Waals surface area contributed by atoms with Gasteiger partial charge < -0.3 is 0 Å². The molecular formula is C6H11ClF2N2. The third-order valence-corrected chi connectivity index (χ3v) is 2.84. The van der Waals surface area contributed by atoms with Crippen molar-refractivity contribution >= 4 is 12.4 Å². The Balaban J connectivity index is 0.000000605. The summed E-state index contributed by atoms with van der Waals surface area (Å²) < 4.78 is 24.3. The van der Waals surface area contributed by atoms with E-state index < -0.39 is 11.8 Å². The van der Waals surface area contributed by atoms with Gasteiger partial charge in [-0.1, -0.05) is 0 Å². The van der Waals surface area contributed by atoms with Crippen LogP contribution in [-0.4, -0.2) is 12.0 Å². The molecule has 3 aliphatic rings. The van der Waals surface area contributed by atoms with E-state index in [0.29, 0.717) is 19.3 Å². The molecule has 0 atom stereocenters. The molecule has 0 aliphatic heterocycles. The van der Waals surface area contributed by atoms with Gasteiger partial charge in [0.1, 0.15) is 0 Å². The monoisotopic (exact) mass is 184 g/mol. The van der Waals surface area contributed by atoms with E-state index in [9.17, 15) is 8.78 Å². The minimum atomic E-state index is -2.15. The minimum absolute atomic E-state index is 0. The second kappa shape index (κ2) is 2.28. The standard InChI is InChI=1S/C6H10F2N2.ClH/c7-4(8)5-1-6(2-5,3-5)10-9;/h4,10H,1-3,9H2;1H. The zero-order valence-electron chi connectivity index (χ0n) is 5.94. The molecule has 3 N–H and O–H groups in total. The number of nitrogens with one attached hydrogen (secondary N) is 1. The van der Waals surface area contributed by atoms with Crippen molar-refractivity contribution in [3.8, 4) is 0 Å². The molecule has 11 heavy (non-hydrogen) atoms. The van der Waals surface area contributed by atoms with Crippen LogP contribution in [0.2, 0.25) is 0 Å².